The highest BCUT2D eigenvalue weighted by atomic mass is 16.3. The first-order valence-corrected chi connectivity index (χ1v) is 7.68. The number of rotatable bonds is 4. The molecular weight excluding hydrogens is 316 g/mol. The predicted octanol–water partition coefficient (Wildman–Crippen LogP) is 3.73. The van der Waals surface area contributed by atoms with Gasteiger partial charge in [-0.25, -0.2) is 9.97 Å². The normalized spacial score (nSPS) is 10.7. The number of primary amides is 1. The van der Waals surface area contributed by atoms with Gasteiger partial charge in [-0.05, 0) is 48.5 Å². The lowest BCUT2D eigenvalue weighted by atomic mass is 10.2. The molecule has 6 heteroatoms. The number of carbonyl (C=O) groups excluding carboxylic acids is 1. The van der Waals surface area contributed by atoms with Crippen molar-refractivity contribution in [2.75, 3.05) is 5.32 Å². The molecule has 2 aromatic heterocycles. The number of furan rings is 1. The van der Waals surface area contributed by atoms with Crippen LogP contribution in [0.1, 0.15) is 10.4 Å². The standard InChI is InChI=1S/C19H14N4O2/c20-17(24)12-7-9-13(10-8-12)21-18-14-4-1-2-5-15(14)22-19(23-18)16-6-3-11-25-16/h1-11H,(H2,20,24)(H,21,22,23). The molecule has 0 saturated heterocycles. The predicted molar refractivity (Wildman–Crippen MR) is 95.5 cm³/mol. The molecule has 0 saturated carbocycles. The second-order valence-corrected chi connectivity index (χ2v) is 5.46. The largest absolute Gasteiger partial charge is 0.461 e. The van der Waals surface area contributed by atoms with Crippen molar-refractivity contribution in [2.45, 2.75) is 0 Å². The number of aromatic nitrogens is 2. The first kappa shape index (κ1) is 14.9. The van der Waals surface area contributed by atoms with Gasteiger partial charge in [0.2, 0.25) is 5.91 Å². The molecule has 0 fully saturated rings. The lowest BCUT2D eigenvalue weighted by Gasteiger charge is -2.10. The number of nitrogens with two attached hydrogens (primary N) is 1. The molecule has 0 aliphatic rings. The number of hydrogen-bond donors (Lipinski definition) is 2. The maximum Gasteiger partial charge on any atom is 0.248 e. The van der Waals surface area contributed by atoms with Gasteiger partial charge in [0.15, 0.2) is 11.6 Å². The minimum absolute atomic E-state index is 0.453. The number of nitrogens with one attached hydrogen (secondary N) is 1. The van der Waals surface area contributed by atoms with Crippen LogP contribution >= 0.6 is 0 Å². The van der Waals surface area contributed by atoms with Crippen LogP contribution in [0.4, 0.5) is 11.5 Å². The highest BCUT2D eigenvalue weighted by molar-refractivity contribution is 5.94. The van der Waals surface area contributed by atoms with Gasteiger partial charge in [0.1, 0.15) is 5.82 Å². The van der Waals surface area contributed by atoms with Crippen molar-refractivity contribution in [1.82, 2.24) is 9.97 Å². The Morgan fingerprint density at radius 3 is 2.48 bits per heavy atom. The van der Waals surface area contributed by atoms with E-state index in [1.165, 1.54) is 0 Å². The molecular formula is C19H14N4O2. The SMILES string of the molecule is NC(=O)c1ccc(Nc2nc(-c3ccco3)nc3ccccc23)cc1. The minimum atomic E-state index is -0.459. The molecule has 2 aromatic carbocycles. The fraction of sp³-hybridized carbons (Fsp3) is 0. The fourth-order valence-corrected chi connectivity index (χ4v) is 2.54. The van der Waals surface area contributed by atoms with E-state index in [0.29, 0.717) is 23.0 Å². The van der Waals surface area contributed by atoms with Crippen LogP contribution in [0.3, 0.4) is 0 Å². The van der Waals surface area contributed by atoms with Crippen LogP contribution in [0.15, 0.2) is 71.3 Å². The van der Waals surface area contributed by atoms with E-state index < -0.39 is 5.91 Å². The number of nitrogens with zero attached hydrogens (tertiary/aromatic N) is 2. The number of carbonyl (C=O) groups is 1. The molecule has 3 N–H and O–H groups in total. The molecule has 0 aliphatic heterocycles. The highest BCUT2D eigenvalue weighted by Crippen LogP contribution is 2.27. The highest BCUT2D eigenvalue weighted by Gasteiger charge is 2.11. The molecule has 4 aromatic rings. The Bertz CT molecular complexity index is 1040. The van der Waals surface area contributed by atoms with Crippen LogP contribution in [0.5, 0.6) is 0 Å². The Kier molecular flexibility index (Phi) is 3.63. The summed E-state index contributed by atoms with van der Waals surface area (Å²) >= 11 is 0. The zero-order valence-corrected chi connectivity index (χ0v) is 13.1. The van der Waals surface area contributed by atoms with Crippen LogP contribution in [0.25, 0.3) is 22.5 Å². The minimum Gasteiger partial charge on any atom is -0.461 e. The maximum atomic E-state index is 11.2. The summed E-state index contributed by atoms with van der Waals surface area (Å²) in [6.45, 7) is 0. The molecule has 0 bridgehead atoms. The third-order valence-electron chi connectivity index (χ3n) is 3.78. The van der Waals surface area contributed by atoms with E-state index in [1.54, 1.807) is 36.6 Å². The first-order chi connectivity index (χ1) is 12.2. The molecule has 0 aliphatic carbocycles. The summed E-state index contributed by atoms with van der Waals surface area (Å²) in [5.41, 5.74) is 7.32. The summed E-state index contributed by atoms with van der Waals surface area (Å²) in [6, 6.07) is 18.2. The van der Waals surface area contributed by atoms with Crippen molar-refractivity contribution < 1.29 is 9.21 Å². The molecule has 0 unspecified atom stereocenters. The molecule has 2 heterocycles. The first-order valence-electron chi connectivity index (χ1n) is 7.68. The molecule has 0 atom stereocenters. The third kappa shape index (κ3) is 2.92. The summed E-state index contributed by atoms with van der Waals surface area (Å²) in [4.78, 5) is 20.3. The topological polar surface area (TPSA) is 94.0 Å². The van der Waals surface area contributed by atoms with Crippen LogP contribution in [0.2, 0.25) is 0 Å². The Labute approximate surface area is 143 Å². The van der Waals surface area contributed by atoms with Crippen molar-refractivity contribution in [1.29, 1.82) is 0 Å². The maximum absolute atomic E-state index is 11.2. The number of amides is 1. The average molecular weight is 330 g/mol. The number of benzene rings is 2. The van der Waals surface area contributed by atoms with E-state index in [4.69, 9.17) is 10.2 Å². The summed E-state index contributed by atoms with van der Waals surface area (Å²) in [5, 5.41) is 4.16. The van der Waals surface area contributed by atoms with Gasteiger partial charge in [-0.1, -0.05) is 12.1 Å². The zero-order valence-electron chi connectivity index (χ0n) is 13.1. The van der Waals surface area contributed by atoms with Crippen molar-refractivity contribution in [3.63, 3.8) is 0 Å². The smallest absolute Gasteiger partial charge is 0.248 e. The van der Waals surface area contributed by atoms with Gasteiger partial charge in [-0.3, -0.25) is 4.79 Å². The molecule has 122 valence electrons. The Morgan fingerprint density at radius 1 is 0.960 bits per heavy atom. The number of para-hydroxylation sites is 1. The molecule has 1 amide bonds. The van der Waals surface area contributed by atoms with Gasteiger partial charge < -0.3 is 15.5 Å². The molecule has 0 radical (unpaired) electrons. The van der Waals surface area contributed by atoms with Gasteiger partial charge in [-0.15, -0.1) is 0 Å². The Morgan fingerprint density at radius 2 is 1.76 bits per heavy atom. The van der Waals surface area contributed by atoms with Crippen molar-refractivity contribution in [3.8, 4) is 11.6 Å². The average Bonchev–Trinajstić information content (AvgIpc) is 3.17. The lowest BCUT2D eigenvalue weighted by Crippen LogP contribution is -2.10. The monoisotopic (exact) mass is 330 g/mol. The van der Waals surface area contributed by atoms with E-state index in [2.05, 4.69) is 15.3 Å². The summed E-state index contributed by atoms with van der Waals surface area (Å²) in [5.74, 6) is 1.29. The molecule has 0 spiro atoms. The zero-order chi connectivity index (χ0) is 17.2. The van der Waals surface area contributed by atoms with Crippen molar-refractivity contribution >= 4 is 28.3 Å². The second kappa shape index (κ2) is 6.09. The van der Waals surface area contributed by atoms with Gasteiger partial charge >= 0.3 is 0 Å². The van der Waals surface area contributed by atoms with E-state index in [-0.39, 0.29) is 0 Å². The fourth-order valence-electron chi connectivity index (χ4n) is 2.54. The van der Waals surface area contributed by atoms with Crippen LogP contribution in [-0.2, 0) is 0 Å². The van der Waals surface area contributed by atoms with Crippen LogP contribution in [-0.4, -0.2) is 15.9 Å². The number of fused-ring (bicyclic) bond motifs is 1. The summed E-state index contributed by atoms with van der Waals surface area (Å²) in [6.07, 6.45) is 1.59. The van der Waals surface area contributed by atoms with Crippen LogP contribution < -0.4 is 11.1 Å². The number of anilines is 2. The third-order valence-corrected chi connectivity index (χ3v) is 3.78. The van der Waals surface area contributed by atoms with Crippen LogP contribution in [0, 0.1) is 0 Å². The van der Waals surface area contributed by atoms with E-state index in [1.807, 2.05) is 30.3 Å². The Balaban J connectivity index is 1.78. The van der Waals surface area contributed by atoms with Crippen molar-refractivity contribution in [3.05, 3.63) is 72.5 Å². The second-order valence-electron chi connectivity index (χ2n) is 5.46. The van der Waals surface area contributed by atoms with E-state index >= 15 is 0 Å². The van der Waals surface area contributed by atoms with Gasteiger partial charge in [-0.2, -0.15) is 0 Å². The summed E-state index contributed by atoms with van der Waals surface area (Å²) < 4.78 is 5.41. The van der Waals surface area contributed by atoms with E-state index in [0.717, 1.165) is 16.6 Å². The lowest BCUT2D eigenvalue weighted by molar-refractivity contribution is 0.100. The Hall–Kier alpha value is -3.67. The van der Waals surface area contributed by atoms with E-state index in [9.17, 15) is 4.79 Å². The van der Waals surface area contributed by atoms with Gasteiger partial charge in [0.05, 0.1) is 11.8 Å². The molecule has 4 rings (SSSR count). The quantitative estimate of drug-likeness (QED) is 0.594. The summed E-state index contributed by atoms with van der Waals surface area (Å²) in [7, 11) is 0. The van der Waals surface area contributed by atoms with Gasteiger partial charge in [0.25, 0.3) is 0 Å². The van der Waals surface area contributed by atoms with Gasteiger partial charge in [0, 0.05) is 16.6 Å². The molecule has 6 nitrogen and oxygen atoms in total. The number of hydrogen-bond acceptors (Lipinski definition) is 5. The van der Waals surface area contributed by atoms with Crippen molar-refractivity contribution in [2.24, 2.45) is 5.73 Å². The molecule has 25 heavy (non-hydrogen) atoms.